The number of para-hydroxylation sites is 2. The molecular weight excluding hydrogens is 528 g/mol. The standard InChI is InChI=1S/C29H22N6O2S2/c36-26(34-28-32-22-5-1-3-7-24(22)38-28)30-20-13-9-18(10-14-20)17-19-11-15-21(16-12-19)31-27(37)35-29-33-23-6-2-4-8-25(23)39-29/h1-16H,17H2,(H2,30,32,34,36)(H2,31,33,35,37). The normalized spacial score (nSPS) is 10.9. The Kier molecular flexibility index (Phi) is 6.86. The highest BCUT2D eigenvalue weighted by Gasteiger charge is 2.09. The van der Waals surface area contributed by atoms with E-state index < -0.39 is 0 Å². The Labute approximate surface area is 231 Å². The minimum absolute atomic E-state index is 0.336. The van der Waals surface area contributed by atoms with Crippen molar-refractivity contribution in [2.24, 2.45) is 0 Å². The number of nitrogens with zero attached hydrogens (tertiary/aromatic N) is 2. The number of carbonyl (C=O) groups is 2. The van der Waals surface area contributed by atoms with E-state index in [1.165, 1.54) is 22.7 Å². The molecule has 0 aliphatic carbocycles. The van der Waals surface area contributed by atoms with Gasteiger partial charge in [-0.3, -0.25) is 10.6 Å². The van der Waals surface area contributed by atoms with Crippen LogP contribution >= 0.6 is 22.7 Å². The van der Waals surface area contributed by atoms with Gasteiger partial charge in [0.05, 0.1) is 20.4 Å². The number of amides is 4. The van der Waals surface area contributed by atoms with Crippen molar-refractivity contribution in [3.05, 3.63) is 108 Å². The third kappa shape index (κ3) is 6.03. The number of urea groups is 2. The maximum atomic E-state index is 12.4. The molecule has 4 N–H and O–H groups in total. The van der Waals surface area contributed by atoms with Gasteiger partial charge < -0.3 is 10.6 Å². The molecule has 0 aliphatic heterocycles. The first-order valence-corrected chi connectivity index (χ1v) is 13.8. The van der Waals surface area contributed by atoms with Crippen LogP contribution in [0.5, 0.6) is 0 Å². The van der Waals surface area contributed by atoms with Gasteiger partial charge in [-0.15, -0.1) is 0 Å². The molecule has 0 radical (unpaired) electrons. The summed E-state index contributed by atoms with van der Waals surface area (Å²) >= 11 is 2.87. The van der Waals surface area contributed by atoms with Gasteiger partial charge in [0.1, 0.15) is 0 Å². The highest BCUT2D eigenvalue weighted by molar-refractivity contribution is 7.22. The van der Waals surface area contributed by atoms with Crippen molar-refractivity contribution in [1.82, 2.24) is 9.97 Å². The van der Waals surface area contributed by atoms with Gasteiger partial charge in [-0.25, -0.2) is 19.6 Å². The van der Waals surface area contributed by atoms with Gasteiger partial charge in [0.2, 0.25) is 0 Å². The Bertz CT molecular complexity index is 1580. The maximum Gasteiger partial charge on any atom is 0.325 e. The molecule has 4 amide bonds. The average Bonchev–Trinajstić information content (AvgIpc) is 3.53. The monoisotopic (exact) mass is 550 g/mol. The first kappa shape index (κ1) is 24.5. The van der Waals surface area contributed by atoms with Crippen LogP contribution in [0.4, 0.5) is 31.2 Å². The van der Waals surface area contributed by atoms with Crippen molar-refractivity contribution in [2.45, 2.75) is 6.42 Å². The van der Waals surface area contributed by atoms with E-state index in [9.17, 15) is 9.59 Å². The number of benzene rings is 4. The second-order valence-corrected chi connectivity index (χ2v) is 10.8. The highest BCUT2D eigenvalue weighted by atomic mass is 32.1. The Balaban J connectivity index is 0.999. The van der Waals surface area contributed by atoms with Crippen LogP contribution in [-0.4, -0.2) is 22.0 Å². The van der Waals surface area contributed by atoms with Crippen LogP contribution in [-0.2, 0) is 6.42 Å². The van der Waals surface area contributed by atoms with Crippen LogP contribution in [0.25, 0.3) is 20.4 Å². The van der Waals surface area contributed by atoms with E-state index >= 15 is 0 Å². The summed E-state index contributed by atoms with van der Waals surface area (Å²) < 4.78 is 2.04. The summed E-state index contributed by atoms with van der Waals surface area (Å²) in [6.07, 6.45) is 0.719. The molecule has 0 saturated carbocycles. The molecule has 6 aromatic rings. The molecule has 0 bridgehead atoms. The summed E-state index contributed by atoms with van der Waals surface area (Å²) in [5, 5.41) is 12.4. The summed E-state index contributed by atoms with van der Waals surface area (Å²) in [5.41, 5.74) is 5.30. The zero-order chi connectivity index (χ0) is 26.6. The van der Waals surface area contributed by atoms with Gasteiger partial charge in [0, 0.05) is 11.4 Å². The molecule has 6 rings (SSSR count). The Morgan fingerprint density at radius 1 is 0.538 bits per heavy atom. The van der Waals surface area contributed by atoms with Crippen LogP contribution in [0.1, 0.15) is 11.1 Å². The molecule has 0 aliphatic rings. The lowest BCUT2D eigenvalue weighted by Gasteiger charge is -2.08. The van der Waals surface area contributed by atoms with E-state index in [1.54, 1.807) is 0 Å². The molecule has 10 heteroatoms. The Hall–Kier alpha value is -4.80. The second kappa shape index (κ2) is 10.9. The zero-order valence-corrected chi connectivity index (χ0v) is 22.1. The average molecular weight is 551 g/mol. The first-order chi connectivity index (χ1) is 19.1. The number of thiazole rings is 2. The molecule has 0 unspecified atom stereocenters. The highest BCUT2D eigenvalue weighted by Crippen LogP contribution is 2.26. The van der Waals surface area contributed by atoms with Crippen molar-refractivity contribution in [3.8, 4) is 0 Å². The van der Waals surface area contributed by atoms with Crippen molar-refractivity contribution < 1.29 is 9.59 Å². The van der Waals surface area contributed by atoms with Crippen LogP contribution in [0.15, 0.2) is 97.1 Å². The predicted octanol–water partition coefficient (Wildman–Crippen LogP) is 7.78. The lowest BCUT2D eigenvalue weighted by Crippen LogP contribution is -2.19. The fourth-order valence-corrected chi connectivity index (χ4v) is 5.74. The molecule has 39 heavy (non-hydrogen) atoms. The molecule has 8 nitrogen and oxygen atoms in total. The van der Waals surface area contributed by atoms with E-state index in [4.69, 9.17) is 0 Å². The quantitative estimate of drug-likeness (QED) is 0.170. The number of fused-ring (bicyclic) bond motifs is 2. The number of hydrogen-bond donors (Lipinski definition) is 4. The third-order valence-corrected chi connectivity index (χ3v) is 7.76. The molecule has 4 aromatic carbocycles. The van der Waals surface area contributed by atoms with Crippen molar-refractivity contribution in [1.29, 1.82) is 0 Å². The summed E-state index contributed by atoms with van der Waals surface area (Å²) in [6.45, 7) is 0. The molecule has 0 saturated heterocycles. The van der Waals surface area contributed by atoms with E-state index in [-0.39, 0.29) is 12.1 Å². The Morgan fingerprint density at radius 2 is 0.949 bits per heavy atom. The Morgan fingerprint density at radius 3 is 1.36 bits per heavy atom. The summed E-state index contributed by atoms with van der Waals surface area (Å²) in [7, 11) is 0. The minimum Gasteiger partial charge on any atom is -0.308 e. The van der Waals surface area contributed by atoms with Gasteiger partial charge in [-0.2, -0.15) is 0 Å². The van der Waals surface area contributed by atoms with Gasteiger partial charge in [-0.1, -0.05) is 71.2 Å². The van der Waals surface area contributed by atoms with Crippen molar-refractivity contribution in [2.75, 3.05) is 21.3 Å². The van der Waals surface area contributed by atoms with Crippen LogP contribution in [0.3, 0.4) is 0 Å². The SMILES string of the molecule is O=C(Nc1ccc(Cc2ccc(NC(=O)Nc3nc4ccccc4s3)cc2)cc1)Nc1nc2ccccc2s1. The maximum absolute atomic E-state index is 12.4. The molecule has 192 valence electrons. The number of carbonyl (C=O) groups excluding carboxylic acids is 2. The molecule has 0 spiro atoms. The fraction of sp³-hybridized carbons (Fsp3) is 0.0345. The number of anilines is 4. The molecule has 0 atom stereocenters. The minimum atomic E-state index is -0.336. The number of nitrogens with one attached hydrogen (secondary N) is 4. The predicted molar refractivity (Wildman–Crippen MR) is 160 cm³/mol. The van der Waals surface area contributed by atoms with Crippen LogP contribution in [0.2, 0.25) is 0 Å². The van der Waals surface area contributed by atoms with E-state index in [1.807, 2.05) is 97.1 Å². The van der Waals surface area contributed by atoms with Gasteiger partial charge in [0.15, 0.2) is 10.3 Å². The molecular formula is C29H22N6O2S2. The van der Waals surface area contributed by atoms with E-state index in [2.05, 4.69) is 31.2 Å². The first-order valence-electron chi connectivity index (χ1n) is 12.1. The summed E-state index contributed by atoms with van der Waals surface area (Å²) in [6, 6.07) is 30.2. The molecule has 2 heterocycles. The van der Waals surface area contributed by atoms with E-state index in [0.717, 1.165) is 38.0 Å². The molecule has 0 fully saturated rings. The van der Waals surface area contributed by atoms with Crippen molar-refractivity contribution in [3.63, 3.8) is 0 Å². The van der Waals surface area contributed by atoms with Gasteiger partial charge >= 0.3 is 12.1 Å². The second-order valence-electron chi connectivity index (χ2n) is 8.70. The van der Waals surface area contributed by atoms with Crippen molar-refractivity contribution >= 4 is 76.8 Å². The number of hydrogen-bond acceptors (Lipinski definition) is 6. The van der Waals surface area contributed by atoms with Gasteiger partial charge in [-0.05, 0) is 66.1 Å². The van der Waals surface area contributed by atoms with Crippen LogP contribution < -0.4 is 21.3 Å². The summed E-state index contributed by atoms with van der Waals surface area (Å²) in [4.78, 5) is 33.6. The lowest BCUT2D eigenvalue weighted by atomic mass is 10.0. The van der Waals surface area contributed by atoms with Crippen LogP contribution in [0, 0.1) is 0 Å². The van der Waals surface area contributed by atoms with Gasteiger partial charge in [0.25, 0.3) is 0 Å². The third-order valence-electron chi connectivity index (χ3n) is 5.86. The topological polar surface area (TPSA) is 108 Å². The zero-order valence-electron chi connectivity index (χ0n) is 20.5. The number of rotatable bonds is 6. The smallest absolute Gasteiger partial charge is 0.308 e. The number of aromatic nitrogens is 2. The van der Waals surface area contributed by atoms with E-state index in [0.29, 0.717) is 21.6 Å². The lowest BCUT2D eigenvalue weighted by molar-refractivity contribution is 0.261. The fourth-order valence-electron chi connectivity index (χ4n) is 4.02. The molecule has 2 aromatic heterocycles. The largest absolute Gasteiger partial charge is 0.325 e. The summed E-state index contributed by atoms with van der Waals surface area (Å²) in [5.74, 6) is 0.